The van der Waals surface area contributed by atoms with E-state index in [0.29, 0.717) is 17.8 Å². The SMILES string of the molecule is Cc1ccc(CN(C)Cc2ccc(N)cc2F)cc1. The molecule has 0 heterocycles. The van der Waals surface area contributed by atoms with Gasteiger partial charge in [0.05, 0.1) is 0 Å². The van der Waals surface area contributed by atoms with E-state index < -0.39 is 0 Å². The average molecular weight is 258 g/mol. The Bertz CT molecular complexity index is 549. The number of hydrogen-bond donors (Lipinski definition) is 1. The summed E-state index contributed by atoms with van der Waals surface area (Å²) in [6, 6.07) is 13.2. The van der Waals surface area contributed by atoms with Crippen LogP contribution >= 0.6 is 0 Å². The van der Waals surface area contributed by atoms with Crippen LogP contribution < -0.4 is 5.73 Å². The van der Waals surface area contributed by atoms with E-state index >= 15 is 0 Å². The second-order valence-electron chi connectivity index (χ2n) is 5.01. The third-order valence-corrected chi connectivity index (χ3v) is 3.09. The Morgan fingerprint density at radius 3 is 2.37 bits per heavy atom. The zero-order valence-electron chi connectivity index (χ0n) is 11.4. The molecule has 0 aromatic heterocycles. The molecule has 0 atom stereocenters. The summed E-state index contributed by atoms with van der Waals surface area (Å²) in [5.41, 5.74) is 9.15. The summed E-state index contributed by atoms with van der Waals surface area (Å²) in [5, 5.41) is 0. The third-order valence-electron chi connectivity index (χ3n) is 3.09. The predicted octanol–water partition coefficient (Wildman–Crippen LogP) is 3.35. The van der Waals surface area contributed by atoms with Crippen LogP contribution in [0.2, 0.25) is 0 Å². The molecule has 0 aliphatic heterocycles. The monoisotopic (exact) mass is 258 g/mol. The topological polar surface area (TPSA) is 29.3 Å². The van der Waals surface area contributed by atoms with Crippen molar-refractivity contribution in [3.63, 3.8) is 0 Å². The smallest absolute Gasteiger partial charge is 0.129 e. The maximum Gasteiger partial charge on any atom is 0.129 e. The molecule has 0 aliphatic carbocycles. The van der Waals surface area contributed by atoms with Crippen molar-refractivity contribution in [3.05, 3.63) is 65.0 Å². The summed E-state index contributed by atoms with van der Waals surface area (Å²) in [7, 11) is 1.98. The Hall–Kier alpha value is -1.87. The highest BCUT2D eigenvalue weighted by atomic mass is 19.1. The van der Waals surface area contributed by atoms with Gasteiger partial charge in [-0.2, -0.15) is 0 Å². The summed E-state index contributed by atoms with van der Waals surface area (Å²) >= 11 is 0. The van der Waals surface area contributed by atoms with Crippen molar-refractivity contribution < 1.29 is 4.39 Å². The molecule has 2 aromatic rings. The molecule has 0 bridgehead atoms. The van der Waals surface area contributed by atoms with Crippen LogP contribution in [0.4, 0.5) is 10.1 Å². The first kappa shape index (κ1) is 13.6. The molecule has 2 aromatic carbocycles. The number of hydrogen-bond acceptors (Lipinski definition) is 2. The van der Waals surface area contributed by atoms with E-state index in [4.69, 9.17) is 5.73 Å². The lowest BCUT2D eigenvalue weighted by atomic mass is 10.1. The molecular weight excluding hydrogens is 239 g/mol. The summed E-state index contributed by atoms with van der Waals surface area (Å²) in [5.74, 6) is -0.240. The number of halogens is 1. The number of aryl methyl sites for hydroxylation is 1. The Labute approximate surface area is 113 Å². The van der Waals surface area contributed by atoms with Gasteiger partial charge in [0.1, 0.15) is 5.82 Å². The zero-order valence-corrected chi connectivity index (χ0v) is 11.4. The van der Waals surface area contributed by atoms with E-state index in [9.17, 15) is 4.39 Å². The Morgan fingerprint density at radius 1 is 1.05 bits per heavy atom. The molecule has 3 heteroatoms. The predicted molar refractivity (Wildman–Crippen MR) is 77.2 cm³/mol. The first-order chi connectivity index (χ1) is 9.04. The molecule has 0 aliphatic rings. The molecule has 2 N–H and O–H groups in total. The fourth-order valence-corrected chi connectivity index (χ4v) is 2.04. The van der Waals surface area contributed by atoms with Gasteiger partial charge in [-0.25, -0.2) is 4.39 Å². The number of nitrogens with two attached hydrogens (primary N) is 1. The van der Waals surface area contributed by atoms with Crippen molar-refractivity contribution in [1.29, 1.82) is 0 Å². The summed E-state index contributed by atoms with van der Waals surface area (Å²) < 4.78 is 13.7. The van der Waals surface area contributed by atoms with E-state index in [1.54, 1.807) is 12.1 Å². The van der Waals surface area contributed by atoms with Crippen molar-refractivity contribution in [2.24, 2.45) is 0 Å². The Kier molecular flexibility index (Phi) is 4.17. The van der Waals surface area contributed by atoms with Gasteiger partial charge in [-0.05, 0) is 31.7 Å². The molecule has 0 fully saturated rings. The lowest BCUT2D eigenvalue weighted by Crippen LogP contribution is -2.18. The number of nitrogen functional groups attached to an aromatic ring is 1. The molecule has 19 heavy (non-hydrogen) atoms. The molecule has 2 rings (SSSR count). The summed E-state index contributed by atoms with van der Waals surface area (Å²) in [6.07, 6.45) is 0. The van der Waals surface area contributed by atoms with E-state index in [2.05, 4.69) is 36.1 Å². The highest BCUT2D eigenvalue weighted by Gasteiger charge is 2.06. The van der Waals surface area contributed by atoms with Crippen molar-refractivity contribution in [2.45, 2.75) is 20.0 Å². The number of anilines is 1. The summed E-state index contributed by atoms with van der Waals surface area (Å²) in [6.45, 7) is 3.43. The van der Waals surface area contributed by atoms with Gasteiger partial charge in [0.15, 0.2) is 0 Å². The largest absolute Gasteiger partial charge is 0.399 e. The van der Waals surface area contributed by atoms with Crippen LogP contribution in [0.5, 0.6) is 0 Å². The maximum atomic E-state index is 13.7. The fourth-order valence-electron chi connectivity index (χ4n) is 2.04. The minimum atomic E-state index is -0.240. The zero-order chi connectivity index (χ0) is 13.8. The molecule has 0 spiro atoms. The van der Waals surface area contributed by atoms with Crippen LogP contribution in [0.1, 0.15) is 16.7 Å². The van der Waals surface area contributed by atoms with Crippen LogP contribution in [-0.4, -0.2) is 11.9 Å². The summed E-state index contributed by atoms with van der Waals surface area (Å²) in [4.78, 5) is 2.08. The van der Waals surface area contributed by atoms with Gasteiger partial charge in [0.2, 0.25) is 0 Å². The van der Waals surface area contributed by atoms with Crippen molar-refractivity contribution in [2.75, 3.05) is 12.8 Å². The number of rotatable bonds is 4. The van der Waals surface area contributed by atoms with Gasteiger partial charge in [0, 0.05) is 24.3 Å². The molecule has 0 amide bonds. The van der Waals surface area contributed by atoms with Crippen LogP contribution in [-0.2, 0) is 13.1 Å². The lowest BCUT2D eigenvalue weighted by Gasteiger charge is -2.17. The third kappa shape index (κ3) is 3.80. The number of benzene rings is 2. The molecule has 0 saturated heterocycles. The molecule has 0 saturated carbocycles. The van der Waals surface area contributed by atoms with Gasteiger partial charge in [-0.15, -0.1) is 0 Å². The maximum absolute atomic E-state index is 13.7. The Morgan fingerprint density at radius 2 is 1.74 bits per heavy atom. The highest BCUT2D eigenvalue weighted by molar-refractivity contribution is 5.40. The van der Waals surface area contributed by atoms with Crippen LogP contribution in [0, 0.1) is 12.7 Å². The standard InChI is InChI=1S/C16H19FN2/c1-12-3-5-13(6-4-12)10-19(2)11-14-7-8-15(18)9-16(14)17/h3-9H,10-11,18H2,1-2H3. The van der Waals surface area contributed by atoms with E-state index in [1.165, 1.54) is 17.2 Å². The lowest BCUT2D eigenvalue weighted by molar-refractivity contribution is 0.313. The highest BCUT2D eigenvalue weighted by Crippen LogP contribution is 2.15. The van der Waals surface area contributed by atoms with Crippen molar-refractivity contribution in [3.8, 4) is 0 Å². The first-order valence-electron chi connectivity index (χ1n) is 6.32. The molecule has 100 valence electrons. The second-order valence-corrected chi connectivity index (χ2v) is 5.01. The average Bonchev–Trinajstić information content (AvgIpc) is 2.36. The van der Waals surface area contributed by atoms with Crippen LogP contribution in [0.15, 0.2) is 42.5 Å². The minimum Gasteiger partial charge on any atom is -0.399 e. The normalized spacial score (nSPS) is 10.9. The minimum absolute atomic E-state index is 0.240. The van der Waals surface area contributed by atoms with Gasteiger partial charge in [-0.1, -0.05) is 35.9 Å². The van der Waals surface area contributed by atoms with E-state index in [1.807, 2.05) is 7.05 Å². The van der Waals surface area contributed by atoms with Gasteiger partial charge < -0.3 is 5.73 Å². The quantitative estimate of drug-likeness (QED) is 0.852. The van der Waals surface area contributed by atoms with Gasteiger partial charge in [0.25, 0.3) is 0 Å². The molecular formula is C16H19FN2. The van der Waals surface area contributed by atoms with Gasteiger partial charge >= 0.3 is 0 Å². The van der Waals surface area contributed by atoms with Crippen molar-refractivity contribution in [1.82, 2.24) is 4.90 Å². The van der Waals surface area contributed by atoms with E-state index in [-0.39, 0.29) is 5.82 Å². The fraction of sp³-hybridized carbons (Fsp3) is 0.250. The first-order valence-corrected chi connectivity index (χ1v) is 6.32. The molecule has 0 unspecified atom stereocenters. The second kappa shape index (κ2) is 5.85. The number of nitrogens with zero attached hydrogens (tertiary/aromatic N) is 1. The van der Waals surface area contributed by atoms with E-state index in [0.717, 1.165) is 6.54 Å². The van der Waals surface area contributed by atoms with Crippen molar-refractivity contribution >= 4 is 5.69 Å². The molecule has 2 nitrogen and oxygen atoms in total. The Balaban J connectivity index is 2.01. The van der Waals surface area contributed by atoms with Crippen LogP contribution in [0.25, 0.3) is 0 Å². The van der Waals surface area contributed by atoms with Crippen LogP contribution in [0.3, 0.4) is 0 Å². The van der Waals surface area contributed by atoms with Gasteiger partial charge in [-0.3, -0.25) is 4.90 Å². The molecule has 0 radical (unpaired) electrons.